The zero-order chi connectivity index (χ0) is 20.1. The molecule has 0 fully saturated rings. The monoisotopic (exact) mass is 375 g/mol. The second-order valence-corrected chi connectivity index (χ2v) is 6.60. The van der Waals surface area contributed by atoms with E-state index in [4.69, 9.17) is 9.47 Å². The van der Waals surface area contributed by atoms with Crippen molar-refractivity contribution >= 4 is 18.0 Å². The minimum absolute atomic E-state index is 0.0869. The summed E-state index contributed by atoms with van der Waals surface area (Å²) in [5.41, 5.74) is 0.929. The lowest BCUT2D eigenvalue weighted by Gasteiger charge is -2.24. The lowest BCUT2D eigenvalue weighted by Crippen LogP contribution is -2.37. The van der Waals surface area contributed by atoms with Gasteiger partial charge in [-0.3, -0.25) is 9.59 Å². The zero-order valence-electron chi connectivity index (χ0n) is 17.1. The maximum atomic E-state index is 12.7. The van der Waals surface area contributed by atoms with E-state index in [-0.39, 0.29) is 17.8 Å². The number of rotatable bonds is 12. The molecule has 0 saturated carbocycles. The summed E-state index contributed by atoms with van der Waals surface area (Å²) < 4.78 is 10.2. The standard InChI is InChI=1S/C22H33NO4/c1-5-7-8-9-16-23(17-18(3)22(25)26-4)21(24)15-12-19-10-13-20(14-11-19)27-6-2/h10-15,18H,5-9,16-17H2,1-4H3/b15-12+. The number of ether oxygens (including phenoxy) is 2. The minimum Gasteiger partial charge on any atom is -0.494 e. The predicted octanol–water partition coefficient (Wildman–Crippen LogP) is 4.32. The van der Waals surface area contributed by atoms with Crippen LogP contribution in [0.1, 0.15) is 52.0 Å². The first-order chi connectivity index (χ1) is 13.0. The van der Waals surface area contributed by atoms with E-state index >= 15 is 0 Å². The molecule has 0 heterocycles. The number of hydrogen-bond acceptors (Lipinski definition) is 4. The number of benzene rings is 1. The maximum absolute atomic E-state index is 12.7. The van der Waals surface area contributed by atoms with Gasteiger partial charge in [-0.2, -0.15) is 0 Å². The zero-order valence-corrected chi connectivity index (χ0v) is 17.1. The van der Waals surface area contributed by atoms with Crippen molar-refractivity contribution in [2.45, 2.75) is 46.5 Å². The van der Waals surface area contributed by atoms with Crippen molar-refractivity contribution in [3.8, 4) is 5.75 Å². The molecule has 1 aromatic carbocycles. The summed E-state index contributed by atoms with van der Waals surface area (Å²) in [6.07, 6.45) is 7.67. The maximum Gasteiger partial charge on any atom is 0.310 e. The summed E-state index contributed by atoms with van der Waals surface area (Å²) in [4.78, 5) is 26.1. The van der Waals surface area contributed by atoms with Crippen LogP contribution >= 0.6 is 0 Å². The third-order valence-corrected chi connectivity index (χ3v) is 4.30. The Kier molecular flexibility index (Phi) is 10.9. The summed E-state index contributed by atoms with van der Waals surface area (Å²) >= 11 is 0. The average Bonchev–Trinajstić information content (AvgIpc) is 2.68. The Morgan fingerprint density at radius 1 is 1.11 bits per heavy atom. The summed E-state index contributed by atoms with van der Waals surface area (Å²) in [5.74, 6) is 0.0856. The molecule has 0 saturated heterocycles. The van der Waals surface area contributed by atoms with Gasteiger partial charge in [-0.25, -0.2) is 0 Å². The summed E-state index contributed by atoms with van der Waals surface area (Å²) in [5, 5.41) is 0. The smallest absolute Gasteiger partial charge is 0.310 e. The van der Waals surface area contributed by atoms with Gasteiger partial charge < -0.3 is 14.4 Å². The van der Waals surface area contributed by atoms with Gasteiger partial charge in [0.1, 0.15) is 5.75 Å². The molecule has 0 aliphatic heterocycles. The molecule has 1 unspecified atom stereocenters. The molecule has 150 valence electrons. The van der Waals surface area contributed by atoms with Gasteiger partial charge >= 0.3 is 5.97 Å². The molecule has 0 radical (unpaired) electrons. The Labute approximate surface area is 163 Å². The van der Waals surface area contributed by atoms with Crippen LogP contribution in [0.5, 0.6) is 5.75 Å². The number of hydrogen-bond donors (Lipinski definition) is 0. The number of amides is 1. The highest BCUT2D eigenvalue weighted by Gasteiger charge is 2.20. The van der Waals surface area contributed by atoms with Crippen LogP contribution in [-0.2, 0) is 14.3 Å². The lowest BCUT2D eigenvalue weighted by atomic mass is 10.1. The number of unbranched alkanes of at least 4 members (excludes halogenated alkanes) is 3. The number of nitrogens with zero attached hydrogens (tertiary/aromatic N) is 1. The third-order valence-electron chi connectivity index (χ3n) is 4.30. The highest BCUT2D eigenvalue weighted by atomic mass is 16.5. The molecule has 1 aromatic rings. The Bertz CT molecular complexity index is 595. The molecule has 0 aliphatic carbocycles. The third kappa shape index (κ3) is 8.76. The van der Waals surface area contributed by atoms with E-state index in [2.05, 4.69) is 6.92 Å². The van der Waals surface area contributed by atoms with E-state index in [0.717, 1.165) is 37.0 Å². The van der Waals surface area contributed by atoms with Gasteiger partial charge in [0.15, 0.2) is 0 Å². The molecule has 1 atom stereocenters. The first-order valence-corrected chi connectivity index (χ1v) is 9.79. The van der Waals surface area contributed by atoms with Gasteiger partial charge in [-0.15, -0.1) is 0 Å². The minimum atomic E-state index is -0.344. The molecule has 0 N–H and O–H groups in total. The summed E-state index contributed by atoms with van der Waals surface area (Å²) in [7, 11) is 1.37. The molecular weight excluding hydrogens is 342 g/mol. The lowest BCUT2D eigenvalue weighted by molar-refractivity contribution is -0.146. The van der Waals surface area contributed by atoms with Crippen LogP contribution in [0, 0.1) is 5.92 Å². The van der Waals surface area contributed by atoms with E-state index in [1.807, 2.05) is 31.2 Å². The van der Waals surface area contributed by atoms with Gasteiger partial charge in [0, 0.05) is 19.2 Å². The second kappa shape index (κ2) is 13.0. The highest BCUT2D eigenvalue weighted by molar-refractivity contribution is 5.92. The fraction of sp³-hybridized carbons (Fsp3) is 0.545. The predicted molar refractivity (Wildman–Crippen MR) is 109 cm³/mol. The van der Waals surface area contributed by atoms with E-state index in [1.54, 1.807) is 24.0 Å². The van der Waals surface area contributed by atoms with Crippen molar-refractivity contribution < 1.29 is 19.1 Å². The quantitative estimate of drug-likeness (QED) is 0.310. The normalized spacial score (nSPS) is 12.0. The van der Waals surface area contributed by atoms with Crippen molar-refractivity contribution in [3.63, 3.8) is 0 Å². The van der Waals surface area contributed by atoms with Crippen LogP contribution in [0.25, 0.3) is 6.08 Å². The molecule has 0 aromatic heterocycles. The van der Waals surface area contributed by atoms with Crippen molar-refractivity contribution in [1.82, 2.24) is 4.90 Å². The van der Waals surface area contributed by atoms with E-state index in [0.29, 0.717) is 19.7 Å². The van der Waals surface area contributed by atoms with Gasteiger partial charge in [0.25, 0.3) is 0 Å². The molecule has 0 bridgehead atoms. The molecule has 0 aliphatic rings. The van der Waals surface area contributed by atoms with Crippen molar-refractivity contribution in [1.29, 1.82) is 0 Å². The van der Waals surface area contributed by atoms with Crippen molar-refractivity contribution in [3.05, 3.63) is 35.9 Å². The Morgan fingerprint density at radius 2 is 1.81 bits per heavy atom. The van der Waals surface area contributed by atoms with E-state index in [9.17, 15) is 9.59 Å². The molecule has 5 nitrogen and oxygen atoms in total. The van der Waals surface area contributed by atoms with Crippen molar-refractivity contribution in [2.24, 2.45) is 5.92 Å². The first-order valence-electron chi connectivity index (χ1n) is 9.79. The number of carbonyl (C=O) groups is 2. The van der Waals surface area contributed by atoms with Crippen LogP contribution < -0.4 is 4.74 Å². The molecule has 0 spiro atoms. The summed E-state index contributed by atoms with van der Waals surface area (Å²) in [6.45, 7) is 7.52. The fourth-order valence-electron chi connectivity index (χ4n) is 2.74. The fourth-order valence-corrected chi connectivity index (χ4v) is 2.74. The van der Waals surface area contributed by atoms with Gasteiger partial charge in [-0.1, -0.05) is 45.2 Å². The van der Waals surface area contributed by atoms with Crippen LogP contribution in [-0.4, -0.2) is 43.6 Å². The van der Waals surface area contributed by atoms with Crippen molar-refractivity contribution in [2.75, 3.05) is 26.8 Å². The second-order valence-electron chi connectivity index (χ2n) is 6.60. The number of carbonyl (C=O) groups excluding carboxylic acids is 2. The van der Waals surface area contributed by atoms with Gasteiger partial charge in [-0.05, 0) is 37.1 Å². The van der Waals surface area contributed by atoms with Gasteiger partial charge in [0.2, 0.25) is 5.91 Å². The Morgan fingerprint density at radius 3 is 2.41 bits per heavy atom. The van der Waals surface area contributed by atoms with Crippen LogP contribution in [0.15, 0.2) is 30.3 Å². The number of methoxy groups -OCH3 is 1. The Hall–Kier alpha value is -2.30. The molecule has 1 rings (SSSR count). The highest BCUT2D eigenvalue weighted by Crippen LogP contribution is 2.14. The van der Waals surface area contributed by atoms with E-state index in [1.165, 1.54) is 7.11 Å². The molecular formula is C22H33NO4. The van der Waals surface area contributed by atoms with Crippen LogP contribution in [0.2, 0.25) is 0 Å². The van der Waals surface area contributed by atoms with Gasteiger partial charge in [0.05, 0.1) is 19.6 Å². The molecule has 1 amide bonds. The molecule has 27 heavy (non-hydrogen) atoms. The SMILES string of the molecule is CCCCCCN(CC(C)C(=O)OC)C(=O)/C=C/c1ccc(OCC)cc1. The average molecular weight is 376 g/mol. The largest absolute Gasteiger partial charge is 0.494 e. The van der Waals surface area contributed by atoms with E-state index < -0.39 is 0 Å². The number of esters is 1. The summed E-state index contributed by atoms with van der Waals surface area (Å²) in [6, 6.07) is 7.60. The molecule has 5 heteroatoms. The van der Waals surface area contributed by atoms with Crippen LogP contribution in [0.3, 0.4) is 0 Å². The topological polar surface area (TPSA) is 55.8 Å². The van der Waals surface area contributed by atoms with Crippen LogP contribution in [0.4, 0.5) is 0 Å². The first kappa shape index (κ1) is 22.7. The Balaban J connectivity index is 2.73.